The minimum absolute atomic E-state index is 0.233. The van der Waals surface area contributed by atoms with Crippen molar-refractivity contribution in [3.63, 3.8) is 0 Å². The van der Waals surface area contributed by atoms with Gasteiger partial charge >= 0.3 is 0 Å². The van der Waals surface area contributed by atoms with Gasteiger partial charge < -0.3 is 9.67 Å². The maximum atomic E-state index is 9.22. The molecule has 19 heavy (non-hydrogen) atoms. The molecule has 5 heteroatoms. The molecule has 100 valence electrons. The first-order valence-electron chi connectivity index (χ1n) is 6.52. The molecule has 1 unspecified atom stereocenters. The van der Waals surface area contributed by atoms with Gasteiger partial charge in [-0.1, -0.05) is 23.7 Å². The number of halogens is 1. The third-order valence-corrected chi connectivity index (χ3v) is 3.88. The molecule has 0 spiro atoms. The van der Waals surface area contributed by atoms with Crippen molar-refractivity contribution in [3.05, 3.63) is 46.5 Å². The highest BCUT2D eigenvalue weighted by Crippen LogP contribution is 2.21. The molecule has 1 aliphatic rings. The SMILES string of the molecule is OCC1CCn2c(Cc3cccc(Cl)c3)nnc2C1. The van der Waals surface area contributed by atoms with Crippen LogP contribution in [-0.4, -0.2) is 26.5 Å². The summed E-state index contributed by atoms with van der Waals surface area (Å²) in [5.41, 5.74) is 1.15. The van der Waals surface area contributed by atoms with Gasteiger partial charge in [0.15, 0.2) is 0 Å². The Kier molecular flexibility index (Phi) is 3.53. The predicted molar refractivity (Wildman–Crippen MR) is 73.2 cm³/mol. The largest absolute Gasteiger partial charge is 0.396 e. The third-order valence-electron chi connectivity index (χ3n) is 3.65. The van der Waals surface area contributed by atoms with Crippen LogP contribution in [0.15, 0.2) is 24.3 Å². The van der Waals surface area contributed by atoms with Crippen LogP contribution in [0.4, 0.5) is 0 Å². The van der Waals surface area contributed by atoms with Crippen LogP contribution >= 0.6 is 11.6 Å². The van der Waals surface area contributed by atoms with Crippen molar-refractivity contribution >= 4 is 11.6 Å². The van der Waals surface area contributed by atoms with Crippen LogP contribution in [0.3, 0.4) is 0 Å². The molecule has 0 aliphatic carbocycles. The predicted octanol–water partition coefficient (Wildman–Crippen LogP) is 2.08. The second-order valence-corrected chi connectivity index (χ2v) is 5.47. The zero-order chi connectivity index (χ0) is 13.2. The molecule has 0 fully saturated rings. The van der Waals surface area contributed by atoms with E-state index in [-0.39, 0.29) is 6.61 Å². The third kappa shape index (κ3) is 2.65. The highest BCUT2D eigenvalue weighted by Gasteiger charge is 2.22. The van der Waals surface area contributed by atoms with Crippen LogP contribution in [0.2, 0.25) is 5.02 Å². The molecule has 1 N–H and O–H groups in total. The van der Waals surface area contributed by atoms with Crippen LogP contribution in [0, 0.1) is 5.92 Å². The van der Waals surface area contributed by atoms with Crippen molar-refractivity contribution in [1.29, 1.82) is 0 Å². The zero-order valence-electron chi connectivity index (χ0n) is 10.6. The number of hydrogen-bond donors (Lipinski definition) is 1. The fourth-order valence-electron chi connectivity index (χ4n) is 2.57. The fourth-order valence-corrected chi connectivity index (χ4v) is 2.78. The lowest BCUT2D eigenvalue weighted by atomic mass is 9.99. The quantitative estimate of drug-likeness (QED) is 0.934. The number of aliphatic hydroxyl groups is 1. The monoisotopic (exact) mass is 277 g/mol. The maximum absolute atomic E-state index is 9.22. The summed E-state index contributed by atoms with van der Waals surface area (Å²) >= 11 is 6.00. The molecular weight excluding hydrogens is 262 g/mol. The highest BCUT2D eigenvalue weighted by atomic mass is 35.5. The van der Waals surface area contributed by atoms with Crippen molar-refractivity contribution in [3.8, 4) is 0 Å². The number of aromatic nitrogens is 3. The van der Waals surface area contributed by atoms with Gasteiger partial charge in [-0.05, 0) is 30.0 Å². The average Bonchev–Trinajstić information content (AvgIpc) is 2.81. The lowest BCUT2D eigenvalue weighted by Gasteiger charge is -2.21. The van der Waals surface area contributed by atoms with Crippen molar-refractivity contribution in [2.75, 3.05) is 6.61 Å². The summed E-state index contributed by atoms with van der Waals surface area (Å²) in [6, 6.07) is 7.83. The summed E-state index contributed by atoms with van der Waals surface area (Å²) in [4.78, 5) is 0. The first-order chi connectivity index (χ1) is 9.26. The first kappa shape index (κ1) is 12.6. The van der Waals surface area contributed by atoms with Gasteiger partial charge in [0.25, 0.3) is 0 Å². The molecule has 0 bridgehead atoms. The molecule has 0 saturated carbocycles. The smallest absolute Gasteiger partial charge is 0.137 e. The topological polar surface area (TPSA) is 50.9 Å². The zero-order valence-corrected chi connectivity index (χ0v) is 11.3. The van der Waals surface area contributed by atoms with Crippen molar-refractivity contribution in [2.24, 2.45) is 5.92 Å². The Labute approximate surface area is 117 Å². The average molecular weight is 278 g/mol. The number of aliphatic hydroxyl groups excluding tert-OH is 1. The maximum Gasteiger partial charge on any atom is 0.137 e. The number of hydrogen-bond acceptors (Lipinski definition) is 3. The van der Waals surface area contributed by atoms with Gasteiger partial charge in [0.2, 0.25) is 0 Å². The molecule has 1 aromatic heterocycles. The molecule has 3 rings (SSSR count). The van der Waals surface area contributed by atoms with Crippen LogP contribution < -0.4 is 0 Å². The van der Waals surface area contributed by atoms with Crippen molar-refractivity contribution in [1.82, 2.24) is 14.8 Å². The fraction of sp³-hybridized carbons (Fsp3) is 0.429. The van der Waals surface area contributed by atoms with Gasteiger partial charge in [-0.25, -0.2) is 0 Å². The summed E-state index contributed by atoms with van der Waals surface area (Å²) in [5.74, 6) is 2.30. The summed E-state index contributed by atoms with van der Waals surface area (Å²) in [6.45, 7) is 1.12. The van der Waals surface area contributed by atoms with Crippen LogP contribution in [-0.2, 0) is 19.4 Å². The minimum Gasteiger partial charge on any atom is -0.396 e. The summed E-state index contributed by atoms with van der Waals surface area (Å²) < 4.78 is 2.17. The van der Waals surface area contributed by atoms with Gasteiger partial charge in [0.1, 0.15) is 11.6 Å². The Bertz CT molecular complexity index is 582. The normalized spacial score (nSPS) is 18.3. The molecule has 2 aromatic rings. The molecule has 0 radical (unpaired) electrons. The Morgan fingerprint density at radius 3 is 3.05 bits per heavy atom. The number of rotatable bonds is 3. The Morgan fingerprint density at radius 2 is 2.26 bits per heavy atom. The number of fused-ring (bicyclic) bond motifs is 1. The summed E-state index contributed by atoms with van der Waals surface area (Å²) in [6.07, 6.45) is 2.56. The Balaban J connectivity index is 1.82. The highest BCUT2D eigenvalue weighted by molar-refractivity contribution is 6.30. The van der Waals surface area contributed by atoms with E-state index in [2.05, 4.69) is 14.8 Å². The van der Waals surface area contributed by atoms with Crippen LogP contribution in [0.1, 0.15) is 23.6 Å². The standard InChI is InChI=1S/C14H16ClN3O/c15-12-3-1-2-10(6-12)7-13-16-17-14-8-11(9-19)4-5-18(13)14/h1-3,6,11,19H,4-5,7-9H2. The van der Waals surface area contributed by atoms with Gasteiger partial charge in [0, 0.05) is 31.0 Å². The first-order valence-corrected chi connectivity index (χ1v) is 6.90. The van der Waals surface area contributed by atoms with E-state index in [1.807, 2.05) is 24.3 Å². The van der Waals surface area contributed by atoms with E-state index in [0.29, 0.717) is 5.92 Å². The molecule has 4 nitrogen and oxygen atoms in total. The van der Waals surface area contributed by atoms with E-state index in [9.17, 15) is 5.11 Å². The molecule has 0 amide bonds. The van der Waals surface area contributed by atoms with Crippen molar-refractivity contribution in [2.45, 2.75) is 25.8 Å². The molecule has 1 aromatic carbocycles. The van der Waals surface area contributed by atoms with Gasteiger partial charge in [-0.3, -0.25) is 0 Å². The minimum atomic E-state index is 0.233. The molecule has 1 aliphatic heterocycles. The second-order valence-electron chi connectivity index (χ2n) is 5.03. The number of nitrogens with zero attached hydrogens (tertiary/aromatic N) is 3. The van der Waals surface area contributed by atoms with Gasteiger partial charge in [0.05, 0.1) is 0 Å². The summed E-state index contributed by atoms with van der Waals surface area (Å²) in [7, 11) is 0. The van der Waals surface area contributed by atoms with Gasteiger partial charge in [-0.15, -0.1) is 10.2 Å². The van der Waals surface area contributed by atoms with Crippen LogP contribution in [0.25, 0.3) is 0 Å². The van der Waals surface area contributed by atoms with Gasteiger partial charge in [-0.2, -0.15) is 0 Å². The van der Waals surface area contributed by atoms with E-state index in [4.69, 9.17) is 11.6 Å². The molecular formula is C14H16ClN3O. The Hall–Kier alpha value is -1.39. The Morgan fingerprint density at radius 1 is 1.37 bits per heavy atom. The van der Waals surface area contributed by atoms with E-state index >= 15 is 0 Å². The van der Waals surface area contributed by atoms with E-state index in [0.717, 1.165) is 48.0 Å². The molecule has 0 saturated heterocycles. The van der Waals surface area contributed by atoms with E-state index in [1.165, 1.54) is 0 Å². The lowest BCUT2D eigenvalue weighted by molar-refractivity contribution is 0.198. The second kappa shape index (κ2) is 5.31. The lowest BCUT2D eigenvalue weighted by Crippen LogP contribution is -2.23. The van der Waals surface area contributed by atoms with E-state index < -0.39 is 0 Å². The number of benzene rings is 1. The molecule has 2 heterocycles. The molecule has 1 atom stereocenters. The van der Waals surface area contributed by atoms with Crippen LogP contribution in [0.5, 0.6) is 0 Å². The van der Waals surface area contributed by atoms with E-state index in [1.54, 1.807) is 0 Å². The van der Waals surface area contributed by atoms with Crippen molar-refractivity contribution < 1.29 is 5.11 Å². The summed E-state index contributed by atoms with van der Waals surface area (Å²) in [5, 5.41) is 18.5.